The van der Waals surface area contributed by atoms with Crippen molar-refractivity contribution in [2.45, 2.75) is 18.9 Å². The first-order chi connectivity index (χ1) is 16.3. The molecule has 0 spiro atoms. The van der Waals surface area contributed by atoms with Crippen LogP contribution in [-0.4, -0.2) is 41.9 Å². The van der Waals surface area contributed by atoms with Gasteiger partial charge in [0, 0.05) is 31.7 Å². The smallest absolute Gasteiger partial charge is 0.254 e. The van der Waals surface area contributed by atoms with Gasteiger partial charge in [-0.05, 0) is 51.9 Å². The molecule has 33 heavy (non-hydrogen) atoms. The normalized spacial score (nSPS) is 16.8. The van der Waals surface area contributed by atoms with Crippen LogP contribution in [0.1, 0.15) is 38.7 Å². The molecule has 3 nitrogen and oxygen atoms in total. The Morgan fingerprint density at radius 3 is 1.91 bits per heavy atom. The van der Waals surface area contributed by atoms with Gasteiger partial charge in [0.2, 0.25) is 0 Å². The highest BCUT2D eigenvalue weighted by Gasteiger charge is 2.32. The average Bonchev–Trinajstić information content (AvgIpc) is 3.05. The van der Waals surface area contributed by atoms with Gasteiger partial charge in [-0.1, -0.05) is 84.9 Å². The highest BCUT2D eigenvalue weighted by molar-refractivity contribution is 6.07. The lowest BCUT2D eigenvalue weighted by molar-refractivity contribution is 0.0599. The van der Waals surface area contributed by atoms with E-state index in [1.807, 2.05) is 29.2 Å². The summed E-state index contributed by atoms with van der Waals surface area (Å²) < 4.78 is 0. The average molecular weight is 433 g/mol. The monoisotopic (exact) mass is 432 g/mol. The maximum Gasteiger partial charge on any atom is 0.254 e. The molecule has 0 aromatic heterocycles. The molecule has 0 unspecified atom stereocenters. The second kappa shape index (κ2) is 8.49. The molecule has 0 N–H and O–H groups in total. The number of carbonyl (C=O) groups excluding carboxylic acids is 1. The molecule has 1 aliphatic heterocycles. The number of hydrogen-bond donors (Lipinski definition) is 0. The molecule has 1 heterocycles. The highest BCUT2D eigenvalue weighted by Crippen LogP contribution is 2.37. The largest absolute Gasteiger partial charge is 0.336 e. The summed E-state index contributed by atoms with van der Waals surface area (Å²) in [5.74, 6) is 0.146. The Hall–Kier alpha value is -3.43. The lowest BCUT2D eigenvalue weighted by atomic mass is 9.92. The number of carbonyl (C=O) groups is 1. The van der Waals surface area contributed by atoms with E-state index in [4.69, 9.17) is 0 Å². The van der Waals surface area contributed by atoms with Crippen LogP contribution in [0.4, 0.5) is 0 Å². The summed E-state index contributed by atoms with van der Waals surface area (Å²) >= 11 is 0. The fourth-order valence-corrected chi connectivity index (χ4v) is 5.65. The van der Waals surface area contributed by atoms with E-state index in [0.717, 1.165) is 55.4 Å². The zero-order chi connectivity index (χ0) is 22.2. The fraction of sp³-hybridized carbons (Fsp3) is 0.233. The molecule has 0 radical (unpaired) electrons. The molecule has 1 fully saturated rings. The predicted octanol–water partition coefficient (Wildman–Crippen LogP) is 5.49. The molecule has 0 saturated carbocycles. The SMILES string of the molecule is O=C(c1cccc2ccccc12)N1CCN(C2c3ccccc3CCc3ccccc32)CC1. The van der Waals surface area contributed by atoms with Gasteiger partial charge in [-0.15, -0.1) is 0 Å². The van der Waals surface area contributed by atoms with Gasteiger partial charge in [-0.3, -0.25) is 9.69 Å². The van der Waals surface area contributed by atoms with E-state index in [1.165, 1.54) is 22.3 Å². The predicted molar refractivity (Wildman–Crippen MR) is 134 cm³/mol. The second-order valence-corrected chi connectivity index (χ2v) is 9.16. The van der Waals surface area contributed by atoms with Crippen LogP contribution in [-0.2, 0) is 12.8 Å². The van der Waals surface area contributed by atoms with Crippen molar-refractivity contribution in [1.29, 1.82) is 0 Å². The molecule has 1 aliphatic carbocycles. The van der Waals surface area contributed by atoms with Gasteiger partial charge in [-0.2, -0.15) is 0 Å². The van der Waals surface area contributed by atoms with Crippen molar-refractivity contribution in [3.05, 3.63) is 119 Å². The number of fused-ring (bicyclic) bond motifs is 3. The molecule has 164 valence electrons. The molecule has 1 saturated heterocycles. The van der Waals surface area contributed by atoms with Gasteiger partial charge >= 0.3 is 0 Å². The van der Waals surface area contributed by atoms with Crippen molar-refractivity contribution < 1.29 is 4.79 Å². The van der Waals surface area contributed by atoms with Crippen LogP contribution in [0.25, 0.3) is 10.8 Å². The molecule has 6 rings (SSSR count). The standard InChI is InChI=1S/C30H28N2O/c33-30(28-15-7-11-22-8-1-4-12-25(22)28)32-20-18-31(19-21-32)29-26-13-5-2-9-23(26)16-17-24-10-3-6-14-27(24)29/h1-15,29H,16-21H2. The molecular formula is C30H28N2O. The molecule has 0 bridgehead atoms. The Kier molecular flexibility index (Phi) is 5.20. The van der Waals surface area contributed by atoms with Gasteiger partial charge in [0.25, 0.3) is 5.91 Å². The van der Waals surface area contributed by atoms with E-state index in [1.54, 1.807) is 0 Å². The number of piperazine rings is 1. The quantitative estimate of drug-likeness (QED) is 0.418. The lowest BCUT2D eigenvalue weighted by Gasteiger charge is -2.40. The van der Waals surface area contributed by atoms with Crippen LogP contribution in [0.3, 0.4) is 0 Å². The second-order valence-electron chi connectivity index (χ2n) is 9.16. The summed E-state index contributed by atoms with van der Waals surface area (Å²) in [6.07, 6.45) is 2.17. The summed E-state index contributed by atoms with van der Waals surface area (Å²) in [6.45, 7) is 3.26. The topological polar surface area (TPSA) is 23.6 Å². The first-order valence-corrected chi connectivity index (χ1v) is 12.0. The Labute approximate surface area is 195 Å². The Morgan fingerprint density at radius 2 is 1.21 bits per heavy atom. The zero-order valence-corrected chi connectivity index (χ0v) is 18.8. The van der Waals surface area contributed by atoms with Gasteiger partial charge in [0.05, 0.1) is 6.04 Å². The van der Waals surface area contributed by atoms with Crippen molar-refractivity contribution in [1.82, 2.24) is 9.80 Å². The molecule has 2 aliphatic rings. The van der Waals surface area contributed by atoms with Gasteiger partial charge in [0.1, 0.15) is 0 Å². The summed E-state index contributed by atoms with van der Waals surface area (Å²) in [5, 5.41) is 2.16. The minimum absolute atomic E-state index is 0.146. The van der Waals surface area contributed by atoms with Crippen molar-refractivity contribution in [2.24, 2.45) is 0 Å². The first-order valence-electron chi connectivity index (χ1n) is 12.0. The number of nitrogens with zero attached hydrogens (tertiary/aromatic N) is 2. The van der Waals surface area contributed by atoms with Crippen LogP contribution in [0.5, 0.6) is 0 Å². The maximum absolute atomic E-state index is 13.5. The van der Waals surface area contributed by atoms with Crippen LogP contribution < -0.4 is 0 Å². The van der Waals surface area contributed by atoms with Crippen molar-refractivity contribution >= 4 is 16.7 Å². The minimum atomic E-state index is 0.146. The molecular weight excluding hydrogens is 404 g/mol. The number of hydrogen-bond acceptors (Lipinski definition) is 2. The van der Waals surface area contributed by atoms with Crippen LogP contribution in [0.15, 0.2) is 91.0 Å². The Balaban J connectivity index is 1.28. The number of benzene rings is 4. The van der Waals surface area contributed by atoms with Crippen LogP contribution >= 0.6 is 0 Å². The summed E-state index contributed by atoms with van der Waals surface area (Å²) in [6, 6.07) is 32.3. The van der Waals surface area contributed by atoms with Crippen LogP contribution in [0.2, 0.25) is 0 Å². The maximum atomic E-state index is 13.5. The third-order valence-corrected chi connectivity index (χ3v) is 7.35. The van der Waals surface area contributed by atoms with Gasteiger partial charge < -0.3 is 4.90 Å². The highest BCUT2D eigenvalue weighted by atomic mass is 16.2. The number of amides is 1. The molecule has 0 atom stereocenters. The van der Waals surface area contributed by atoms with E-state index >= 15 is 0 Å². The third kappa shape index (κ3) is 3.63. The number of aryl methyl sites for hydroxylation is 2. The number of rotatable bonds is 2. The molecule has 1 amide bonds. The van der Waals surface area contributed by atoms with Crippen molar-refractivity contribution in [3.63, 3.8) is 0 Å². The molecule has 4 aromatic carbocycles. The molecule has 3 heteroatoms. The molecule has 4 aromatic rings. The van der Waals surface area contributed by atoms with E-state index in [9.17, 15) is 4.79 Å². The van der Waals surface area contributed by atoms with Crippen molar-refractivity contribution in [2.75, 3.05) is 26.2 Å². The van der Waals surface area contributed by atoms with E-state index in [2.05, 4.69) is 71.6 Å². The van der Waals surface area contributed by atoms with E-state index in [-0.39, 0.29) is 11.9 Å². The van der Waals surface area contributed by atoms with Crippen LogP contribution in [0, 0.1) is 0 Å². The minimum Gasteiger partial charge on any atom is -0.336 e. The summed E-state index contributed by atoms with van der Waals surface area (Å²) in [7, 11) is 0. The van der Waals surface area contributed by atoms with E-state index in [0.29, 0.717) is 0 Å². The Morgan fingerprint density at radius 1 is 0.636 bits per heavy atom. The lowest BCUT2D eigenvalue weighted by Crippen LogP contribution is -2.50. The third-order valence-electron chi connectivity index (χ3n) is 7.35. The zero-order valence-electron chi connectivity index (χ0n) is 18.8. The first kappa shape index (κ1) is 20.2. The van der Waals surface area contributed by atoms with Gasteiger partial charge in [-0.25, -0.2) is 0 Å². The summed E-state index contributed by atoms with van der Waals surface area (Å²) in [5.41, 5.74) is 6.57. The summed E-state index contributed by atoms with van der Waals surface area (Å²) in [4.78, 5) is 18.1. The van der Waals surface area contributed by atoms with Gasteiger partial charge in [0.15, 0.2) is 0 Å². The van der Waals surface area contributed by atoms with Crippen molar-refractivity contribution in [3.8, 4) is 0 Å². The van der Waals surface area contributed by atoms with E-state index < -0.39 is 0 Å². The fourth-order valence-electron chi connectivity index (χ4n) is 5.65. The Bertz CT molecular complexity index is 1270.